The highest BCUT2D eigenvalue weighted by atomic mass is 127. The Labute approximate surface area is 156 Å². The van der Waals surface area contributed by atoms with Gasteiger partial charge in [0.25, 0.3) is 0 Å². The number of aromatic nitrogens is 2. The van der Waals surface area contributed by atoms with Gasteiger partial charge < -0.3 is 10.6 Å². The number of halogens is 1. The Morgan fingerprint density at radius 1 is 1.27 bits per heavy atom. The number of aliphatic imine (C=N–C) groups is 1. The van der Waals surface area contributed by atoms with Gasteiger partial charge in [-0.1, -0.05) is 0 Å². The van der Waals surface area contributed by atoms with E-state index in [9.17, 15) is 0 Å². The van der Waals surface area contributed by atoms with Gasteiger partial charge in [0.1, 0.15) is 0 Å². The van der Waals surface area contributed by atoms with E-state index < -0.39 is 0 Å². The van der Waals surface area contributed by atoms with Gasteiger partial charge in [0.2, 0.25) is 0 Å². The molecule has 0 aliphatic rings. The number of guanidine groups is 1. The van der Waals surface area contributed by atoms with Crippen molar-refractivity contribution in [3.8, 4) is 0 Å². The van der Waals surface area contributed by atoms with Gasteiger partial charge in [-0.05, 0) is 45.6 Å². The predicted molar refractivity (Wildman–Crippen MR) is 109 cm³/mol. The van der Waals surface area contributed by atoms with Gasteiger partial charge >= 0.3 is 0 Å². The molecule has 1 aromatic heterocycles. The molecule has 0 aromatic carbocycles. The van der Waals surface area contributed by atoms with Crippen LogP contribution in [0.3, 0.4) is 0 Å². The topological polar surface area (TPSA) is 54.2 Å². The number of nitrogens with one attached hydrogen (secondary N) is 2. The molecule has 0 radical (unpaired) electrons. The molecule has 1 aromatic rings. The molecule has 0 amide bonds. The molecule has 1 rings (SSSR count). The van der Waals surface area contributed by atoms with E-state index in [0.717, 1.165) is 24.7 Å². The quantitative estimate of drug-likeness (QED) is 0.283. The first-order valence-corrected chi connectivity index (χ1v) is 8.99. The van der Waals surface area contributed by atoms with Gasteiger partial charge in [0, 0.05) is 31.4 Å². The molecular formula is C15H30IN5S. The minimum absolute atomic E-state index is 0. The molecule has 0 spiro atoms. The highest BCUT2D eigenvalue weighted by Gasteiger charge is 2.08. The summed E-state index contributed by atoms with van der Waals surface area (Å²) in [5, 5.41) is 11.1. The summed E-state index contributed by atoms with van der Waals surface area (Å²) in [5.74, 6) is 2.12. The van der Waals surface area contributed by atoms with Crippen molar-refractivity contribution >= 4 is 41.7 Å². The van der Waals surface area contributed by atoms with E-state index in [1.165, 1.54) is 29.9 Å². The van der Waals surface area contributed by atoms with Gasteiger partial charge in [-0.3, -0.25) is 4.68 Å². The molecule has 0 saturated heterocycles. The van der Waals surface area contributed by atoms with Crippen LogP contribution >= 0.6 is 35.7 Å². The van der Waals surface area contributed by atoms with E-state index in [1.807, 2.05) is 30.4 Å². The summed E-state index contributed by atoms with van der Waals surface area (Å²) in [5.41, 5.74) is 3.47. The van der Waals surface area contributed by atoms with E-state index in [4.69, 9.17) is 0 Å². The summed E-state index contributed by atoms with van der Waals surface area (Å²) in [6, 6.07) is 0. The predicted octanol–water partition coefficient (Wildman–Crippen LogP) is 2.85. The standard InChI is InChI=1S/C15H29N5S.HI/c1-6-16-15(17-9-7-8-10-21-5)18-11-14-12(2)19-20(4)13(14)3;/h6-11H2,1-5H3,(H2,16,17,18);1H. The van der Waals surface area contributed by atoms with Crippen LogP contribution in [0.15, 0.2) is 4.99 Å². The summed E-state index contributed by atoms with van der Waals surface area (Å²) in [7, 11) is 1.98. The second-order valence-electron chi connectivity index (χ2n) is 5.09. The summed E-state index contributed by atoms with van der Waals surface area (Å²) in [6.45, 7) is 8.74. The van der Waals surface area contributed by atoms with Crippen molar-refractivity contribution in [2.45, 2.75) is 40.2 Å². The third-order valence-electron chi connectivity index (χ3n) is 3.47. The van der Waals surface area contributed by atoms with Crippen LogP contribution in [0.1, 0.15) is 36.7 Å². The first kappa shape index (κ1) is 21.6. The number of nitrogens with zero attached hydrogens (tertiary/aromatic N) is 3. The molecular weight excluding hydrogens is 409 g/mol. The van der Waals surface area contributed by atoms with Crippen LogP contribution in [0.5, 0.6) is 0 Å². The Kier molecular flexibility index (Phi) is 11.8. The summed E-state index contributed by atoms with van der Waals surface area (Å²) >= 11 is 1.90. The van der Waals surface area contributed by atoms with Gasteiger partial charge in [0.05, 0.1) is 12.2 Å². The Balaban J connectivity index is 0.00000441. The Bertz CT molecular complexity index is 459. The second-order valence-corrected chi connectivity index (χ2v) is 6.08. The number of hydrogen-bond acceptors (Lipinski definition) is 3. The average Bonchev–Trinajstić information content (AvgIpc) is 2.69. The Morgan fingerprint density at radius 3 is 2.55 bits per heavy atom. The summed E-state index contributed by atoms with van der Waals surface area (Å²) < 4.78 is 1.92. The van der Waals surface area contributed by atoms with Gasteiger partial charge in [-0.2, -0.15) is 16.9 Å². The van der Waals surface area contributed by atoms with Crippen molar-refractivity contribution < 1.29 is 0 Å². The first-order chi connectivity index (χ1) is 10.1. The molecule has 0 saturated carbocycles. The lowest BCUT2D eigenvalue weighted by molar-refractivity contribution is 0.728. The SMILES string of the molecule is CCNC(=NCc1c(C)nn(C)c1C)NCCCCSC.I. The van der Waals surface area contributed by atoms with Crippen LogP contribution in [-0.4, -0.2) is 40.8 Å². The molecule has 1 heterocycles. The van der Waals surface area contributed by atoms with Crippen molar-refractivity contribution in [2.24, 2.45) is 12.0 Å². The molecule has 128 valence electrons. The monoisotopic (exact) mass is 439 g/mol. The molecule has 0 aliphatic carbocycles. The Hall–Kier alpha value is -0.440. The van der Waals surface area contributed by atoms with Crippen molar-refractivity contribution in [1.82, 2.24) is 20.4 Å². The minimum Gasteiger partial charge on any atom is -0.357 e. The molecule has 0 unspecified atom stereocenters. The van der Waals surface area contributed by atoms with Crippen molar-refractivity contribution in [2.75, 3.05) is 25.1 Å². The normalized spacial score (nSPS) is 11.2. The van der Waals surface area contributed by atoms with E-state index in [2.05, 4.69) is 40.8 Å². The van der Waals surface area contributed by atoms with E-state index >= 15 is 0 Å². The van der Waals surface area contributed by atoms with Crippen molar-refractivity contribution in [1.29, 1.82) is 0 Å². The lowest BCUT2D eigenvalue weighted by atomic mass is 10.2. The minimum atomic E-state index is 0. The largest absolute Gasteiger partial charge is 0.357 e. The molecule has 22 heavy (non-hydrogen) atoms. The lowest BCUT2D eigenvalue weighted by Crippen LogP contribution is -2.37. The fourth-order valence-corrected chi connectivity index (χ4v) is 2.62. The molecule has 5 nitrogen and oxygen atoms in total. The van der Waals surface area contributed by atoms with Gasteiger partial charge in [0.15, 0.2) is 5.96 Å². The smallest absolute Gasteiger partial charge is 0.191 e. The van der Waals surface area contributed by atoms with Crippen molar-refractivity contribution in [3.05, 3.63) is 17.0 Å². The van der Waals surface area contributed by atoms with Crippen LogP contribution in [-0.2, 0) is 13.6 Å². The maximum absolute atomic E-state index is 4.67. The lowest BCUT2D eigenvalue weighted by Gasteiger charge is -2.11. The average molecular weight is 439 g/mol. The molecule has 0 aliphatic heterocycles. The van der Waals surface area contributed by atoms with Crippen LogP contribution in [0.25, 0.3) is 0 Å². The number of hydrogen-bond donors (Lipinski definition) is 2. The van der Waals surface area contributed by atoms with Crippen LogP contribution in [0, 0.1) is 13.8 Å². The zero-order valence-electron chi connectivity index (χ0n) is 14.4. The van der Waals surface area contributed by atoms with Gasteiger partial charge in [-0.25, -0.2) is 4.99 Å². The highest BCUT2D eigenvalue weighted by molar-refractivity contribution is 14.0. The third kappa shape index (κ3) is 7.21. The van der Waals surface area contributed by atoms with Crippen molar-refractivity contribution in [3.63, 3.8) is 0 Å². The molecule has 0 atom stereocenters. The third-order valence-corrected chi connectivity index (χ3v) is 4.16. The zero-order valence-corrected chi connectivity index (χ0v) is 17.5. The summed E-state index contributed by atoms with van der Waals surface area (Å²) in [4.78, 5) is 4.67. The fraction of sp³-hybridized carbons (Fsp3) is 0.733. The zero-order chi connectivity index (χ0) is 15.7. The molecule has 0 fully saturated rings. The number of thioether (sulfide) groups is 1. The first-order valence-electron chi connectivity index (χ1n) is 7.60. The van der Waals surface area contributed by atoms with E-state index in [0.29, 0.717) is 6.54 Å². The maximum atomic E-state index is 4.67. The second kappa shape index (κ2) is 12.0. The number of rotatable bonds is 8. The molecule has 2 N–H and O–H groups in total. The van der Waals surface area contributed by atoms with E-state index in [1.54, 1.807) is 0 Å². The summed E-state index contributed by atoms with van der Waals surface area (Å²) in [6.07, 6.45) is 4.57. The van der Waals surface area contributed by atoms with Crippen LogP contribution in [0.2, 0.25) is 0 Å². The van der Waals surface area contributed by atoms with E-state index in [-0.39, 0.29) is 24.0 Å². The maximum Gasteiger partial charge on any atom is 0.191 e. The fourth-order valence-electron chi connectivity index (χ4n) is 2.12. The van der Waals surface area contributed by atoms with Gasteiger partial charge in [-0.15, -0.1) is 24.0 Å². The molecule has 7 heteroatoms. The van der Waals surface area contributed by atoms with Crippen LogP contribution < -0.4 is 10.6 Å². The Morgan fingerprint density at radius 2 is 2.00 bits per heavy atom. The molecule has 0 bridgehead atoms. The van der Waals surface area contributed by atoms with Crippen LogP contribution in [0.4, 0.5) is 0 Å². The number of unbranched alkanes of at least 4 members (excludes halogenated alkanes) is 1. The number of aryl methyl sites for hydroxylation is 2. The highest BCUT2D eigenvalue weighted by Crippen LogP contribution is 2.12.